The van der Waals surface area contributed by atoms with E-state index in [2.05, 4.69) is 0 Å². The van der Waals surface area contributed by atoms with Crippen LogP contribution in [0.15, 0.2) is 54.6 Å². The number of fused-ring (bicyclic) bond motifs is 2. The number of hydrogen-bond acceptors (Lipinski definition) is 6. The van der Waals surface area contributed by atoms with Gasteiger partial charge in [-0.3, -0.25) is 4.79 Å². The molecule has 3 aromatic rings. The molecule has 1 aliphatic carbocycles. The standard InChI is InChI=1S/C34H35FN2O4/c1-5-23(36)6-12-29(37)21-14-19(2)33(20(3)15-21)26-9-11-28(35)34-27(26)10-13-30(34)41-24-7-8-25-22(16-32(38)39-4)18-40-31(25)17-24/h6-9,11-12,14-15,17,22,30,36-37H,5,10,13,16,18H2,1-4H3. The number of esters is 1. The molecule has 7 heteroatoms. The summed E-state index contributed by atoms with van der Waals surface area (Å²) in [6, 6.07) is 12.9. The van der Waals surface area contributed by atoms with E-state index in [1.54, 1.807) is 12.2 Å². The maximum Gasteiger partial charge on any atom is 0.306 e. The van der Waals surface area contributed by atoms with E-state index in [0.29, 0.717) is 54.4 Å². The van der Waals surface area contributed by atoms with Crippen LogP contribution in [-0.4, -0.2) is 31.1 Å². The van der Waals surface area contributed by atoms with Gasteiger partial charge in [0.25, 0.3) is 0 Å². The lowest BCUT2D eigenvalue weighted by Crippen LogP contribution is -2.09. The molecule has 0 radical (unpaired) electrons. The second-order valence-electron chi connectivity index (χ2n) is 10.7. The highest BCUT2D eigenvalue weighted by molar-refractivity contribution is 6.10. The first-order valence-electron chi connectivity index (χ1n) is 14.0. The van der Waals surface area contributed by atoms with E-state index in [1.165, 1.54) is 13.2 Å². The highest BCUT2D eigenvalue weighted by Gasteiger charge is 2.32. The van der Waals surface area contributed by atoms with Crippen molar-refractivity contribution in [1.82, 2.24) is 0 Å². The molecule has 0 aromatic heterocycles. The Labute approximate surface area is 240 Å². The van der Waals surface area contributed by atoms with Crippen molar-refractivity contribution in [2.24, 2.45) is 0 Å². The van der Waals surface area contributed by atoms with E-state index in [4.69, 9.17) is 25.0 Å². The minimum atomic E-state index is -0.428. The first-order valence-corrected chi connectivity index (χ1v) is 14.0. The summed E-state index contributed by atoms with van der Waals surface area (Å²) >= 11 is 0. The highest BCUT2D eigenvalue weighted by atomic mass is 19.1. The summed E-state index contributed by atoms with van der Waals surface area (Å²) in [5, 5.41) is 16.3. The first-order chi connectivity index (χ1) is 19.7. The molecule has 1 heterocycles. The molecule has 0 fully saturated rings. The van der Waals surface area contributed by atoms with Gasteiger partial charge in [0.05, 0.1) is 25.8 Å². The summed E-state index contributed by atoms with van der Waals surface area (Å²) in [4.78, 5) is 11.7. The second-order valence-corrected chi connectivity index (χ2v) is 10.7. The third-order valence-electron chi connectivity index (χ3n) is 8.01. The monoisotopic (exact) mass is 554 g/mol. The lowest BCUT2D eigenvalue weighted by atomic mass is 9.88. The van der Waals surface area contributed by atoms with Gasteiger partial charge >= 0.3 is 5.97 Å². The van der Waals surface area contributed by atoms with E-state index in [1.807, 2.05) is 57.2 Å². The predicted molar refractivity (Wildman–Crippen MR) is 158 cm³/mol. The minimum Gasteiger partial charge on any atom is -0.492 e. The minimum absolute atomic E-state index is 0.0545. The van der Waals surface area contributed by atoms with Crippen LogP contribution in [-0.2, 0) is 16.0 Å². The van der Waals surface area contributed by atoms with Gasteiger partial charge in [0.15, 0.2) is 0 Å². The summed E-state index contributed by atoms with van der Waals surface area (Å²) in [7, 11) is 1.38. The van der Waals surface area contributed by atoms with Crippen molar-refractivity contribution in [3.8, 4) is 22.6 Å². The molecule has 2 N–H and O–H groups in total. The SMILES string of the molecule is CCC(=N)C=CC(=N)c1cc(C)c(-c2ccc(F)c3c2CCC3Oc2ccc3c(c2)OCC3CC(=O)OC)c(C)c1. The first kappa shape index (κ1) is 28.3. The molecule has 0 saturated carbocycles. The molecular formula is C34H35FN2O4. The maximum atomic E-state index is 15.3. The molecule has 1 aliphatic heterocycles. The lowest BCUT2D eigenvalue weighted by molar-refractivity contribution is -0.141. The van der Waals surface area contributed by atoms with Gasteiger partial charge < -0.3 is 25.0 Å². The molecule has 6 nitrogen and oxygen atoms in total. The van der Waals surface area contributed by atoms with Gasteiger partial charge in [-0.05, 0) is 103 Å². The molecule has 2 unspecified atom stereocenters. The summed E-state index contributed by atoms with van der Waals surface area (Å²) in [6.07, 6.45) is 5.13. The van der Waals surface area contributed by atoms with Crippen LogP contribution in [0.5, 0.6) is 11.5 Å². The van der Waals surface area contributed by atoms with Gasteiger partial charge in [0.2, 0.25) is 0 Å². The predicted octanol–water partition coefficient (Wildman–Crippen LogP) is 7.57. The Morgan fingerprint density at radius 1 is 1.10 bits per heavy atom. The maximum absolute atomic E-state index is 15.3. The van der Waals surface area contributed by atoms with Crippen LogP contribution < -0.4 is 9.47 Å². The second kappa shape index (κ2) is 11.7. The van der Waals surface area contributed by atoms with Crippen molar-refractivity contribution < 1.29 is 23.4 Å². The van der Waals surface area contributed by atoms with Gasteiger partial charge in [0.1, 0.15) is 23.4 Å². The number of allylic oxidation sites excluding steroid dienone is 2. The van der Waals surface area contributed by atoms with Crippen molar-refractivity contribution in [3.05, 3.63) is 93.8 Å². The van der Waals surface area contributed by atoms with E-state index >= 15 is 4.39 Å². The van der Waals surface area contributed by atoms with Crippen molar-refractivity contribution in [2.75, 3.05) is 13.7 Å². The fraction of sp³-hybridized carbons (Fsp3) is 0.324. The zero-order chi connectivity index (χ0) is 29.3. The number of nitrogens with one attached hydrogen (secondary N) is 2. The molecular weight excluding hydrogens is 519 g/mol. The third kappa shape index (κ3) is 5.67. The van der Waals surface area contributed by atoms with Crippen LogP contribution in [0.4, 0.5) is 4.39 Å². The van der Waals surface area contributed by atoms with E-state index in [-0.39, 0.29) is 24.1 Å². The number of methoxy groups -OCH3 is 1. The Morgan fingerprint density at radius 3 is 2.56 bits per heavy atom. The van der Waals surface area contributed by atoms with Gasteiger partial charge in [-0.2, -0.15) is 0 Å². The summed E-state index contributed by atoms with van der Waals surface area (Å²) in [5.41, 5.74) is 8.18. The molecule has 0 saturated heterocycles. The van der Waals surface area contributed by atoms with Gasteiger partial charge in [-0.25, -0.2) is 4.39 Å². The Morgan fingerprint density at radius 2 is 1.85 bits per heavy atom. The number of hydrogen-bond donors (Lipinski definition) is 2. The van der Waals surface area contributed by atoms with Crippen LogP contribution in [0.3, 0.4) is 0 Å². The molecule has 212 valence electrons. The number of ether oxygens (including phenoxy) is 3. The molecule has 2 atom stereocenters. The lowest BCUT2D eigenvalue weighted by Gasteiger charge is -2.19. The van der Waals surface area contributed by atoms with Gasteiger partial charge in [0, 0.05) is 28.8 Å². The summed E-state index contributed by atoms with van der Waals surface area (Å²) in [6.45, 7) is 6.37. The molecule has 5 rings (SSSR count). The number of carbonyl (C=O) groups excluding carboxylic acids is 1. The molecule has 0 spiro atoms. The van der Waals surface area contributed by atoms with Crippen LogP contribution in [0.25, 0.3) is 11.1 Å². The fourth-order valence-electron chi connectivity index (χ4n) is 5.92. The van der Waals surface area contributed by atoms with Crippen LogP contribution in [0.2, 0.25) is 0 Å². The fourth-order valence-corrected chi connectivity index (χ4v) is 5.92. The van der Waals surface area contributed by atoms with Crippen molar-refractivity contribution in [3.63, 3.8) is 0 Å². The molecule has 0 bridgehead atoms. The Hall–Kier alpha value is -4.26. The number of carbonyl (C=O) groups is 1. The zero-order valence-electron chi connectivity index (χ0n) is 23.9. The number of benzene rings is 3. The molecule has 3 aromatic carbocycles. The Bertz CT molecular complexity index is 1550. The van der Waals surface area contributed by atoms with Crippen LogP contribution in [0.1, 0.15) is 71.6 Å². The highest BCUT2D eigenvalue weighted by Crippen LogP contribution is 2.45. The van der Waals surface area contributed by atoms with E-state index in [9.17, 15) is 4.79 Å². The van der Waals surface area contributed by atoms with Gasteiger partial charge in [-0.1, -0.05) is 19.1 Å². The average Bonchev–Trinajstić information content (AvgIpc) is 3.56. The quantitative estimate of drug-likeness (QED) is 0.211. The topological polar surface area (TPSA) is 92.5 Å². The van der Waals surface area contributed by atoms with Crippen molar-refractivity contribution >= 4 is 17.4 Å². The smallest absolute Gasteiger partial charge is 0.306 e. The normalized spacial score (nSPS) is 17.2. The third-order valence-corrected chi connectivity index (χ3v) is 8.01. The number of rotatable bonds is 9. The molecule has 41 heavy (non-hydrogen) atoms. The Kier molecular flexibility index (Phi) is 8.06. The van der Waals surface area contributed by atoms with Crippen molar-refractivity contribution in [2.45, 2.75) is 58.5 Å². The van der Waals surface area contributed by atoms with Crippen LogP contribution >= 0.6 is 0 Å². The van der Waals surface area contributed by atoms with E-state index in [0.717, 1.165) is 38.9 Å². The number of halogens is 1. The number of aryl methyl sites for hydroxylation is 2. The largest absolute Gasteiger partial charge is 0.492 e. The van der Waals surface area contributed by atoms with Gasteiger partial charge in [-0.15, -0.1) is 0 Å². The summed E-state index contributed by atoms with van der Waals surface area (Å²) in [5.74, 6) is 0.677. The van der Waals surface area contributed by atoms with Crippen LogP contribution in [0, 0.1) is 30.5 Å². The Balaban J connectivity index is 1.41. The summed E-state index contributed by atoms with van der Waals surface area (Å²) < 4.78 is 32.3. The van der Waals surface area contributed by atoms with E-state index < -0.39 is 6.10 Å². The average molecular weight is 555 g/mol. The van der Waals surface area contributed by atoms with Crippen molar-refractivity contribution in [1.29, 1.82) is 10.8 Å². The molecule has 2 aliphatic rings. The zero-order valence-corrected chi connectivity index (χ0v) is 23.9. The molecule has 0 amide bonds.